The van der Waals surface area contributed by atoms with E-state index >= 15 is 0 Å². The van der Waals surface area contributed by atoms with Crippen LogP contribution >= 0.6 is 11.6 Å². The number of primary amides is 1. The molecule has 6 nitrogen and oxygen atoms in total. The Hall–Kier alpha value is -1.92. The third-order valence-corrected chi connectivity index (χ3v) is 3.87. The highest BCUT2D eigenvalue weighted by Crippen LogP contribution is 2.26. The van der Waals surface area contributed by atoms with Gasteiger partial charge < -0.3 is 16.2 Å². The number of halogens is 1. The van der Waals surface area contributed by atoms with Crippen molar-refractivity contribution >= 4 is 34.1 Å². The maximum atomic E-state index is 11.0. The molecular formula is C16H21ClN4O2. The van der Waals surface area contributed by atoms with Gasteiger partial charge in [-0.15, -0.1) is 10.2 Å². The molecule has 0 bridgehead atoms. The number of anilines is 1. The largest absolute Gasteiger partial charge is 0.396 e. The number of carbonyl (C=O) groups excluding carboxylic acids is 1. The van der Waals surface area contributed by atoms with Gasteiger partial charge in [0.1, 0.15) is 0 Å². The van der Waals surface area contributed by atoms with E-state index in [0.29, 0.717) is 21.3 Å². The van der Waals surface area contributed by atoms with Crippen LogP contribution in [0, 0.1) is 5.41 Å². The predicted molar refractivity (Wildman–Crippen MR) is 91.3 cm³/mol. The van der Waals surface area contributed by atoms with Gasteiger partial charge in [-0.25, -0.2) is 0 Å². The average molecular weight is 337 g/mol. The molecule has 1 amide bonds. The molecule has 0 aliphatic carbocycles. The summed E-state index contributed by atoms with van der Waals surface area (Å²) in [6.07, 6.45) is 2.57. The van der Waals surface area contributed by atoms with Crippen LogP contribution in [0.3, 0.4) is 0 Å². The lowest BCUT2D eigenvalue weighted by Gasteiger charge is -2.28. The molecule has 0 saturated carbocycles. The lowest BCUT2D eigenvalue weighted by atomic mass is 9.87. The van der Waals surface area contributed by atoms with Crippen LogP contribution in [0.4, 0.5) is 5.69 Å². The molecular weight excluding hydrogens is 316 g/mol. The Morgan fingerprint density at radius 1 is 1.35 bits per heavy atom. The monoisotopic (exact) mass is 336 g/mol. The number of nitrogens with two attached hydrogens (primary N) is 2. The molecule has 1 aliphatic heterocycles. The number of aromatic nitrogens is 2. The number of rotatable bonds is 1. The van der Waals surface area contributed by atoms with E-state index in [1.54, 1.807) is 18.2 Å². The third kappa shape index (κ3) is 4.53. The van der Waals surface area contributed by atoms with E-state index in [9.17, 15) is 4.79 Å². The van der Waals surface area contributed by atoms with Gasteiger partial charge in [0.25, 0.3) is 5.91 Å². The summed E-state index contributed by atoms with van der Waals surface area (Å²) in [7, 11) is 0. The first-order valence-electron chi connectivity index (χ1n) is 7.39. The van der Waals surface area contributed by atoms with E-state index in [2.05, 4.69) is 24.0 Å². The molecule has 7 heteroatoms. The summed E-state index contributed by atoms with van der Waals surface area (Å²) < 4.78 is 5.28. The molecule has 3 rings (SSSR count). The van der Waals surface area contributed by atoms with E-state index in [1.165, 1.54) is 12.8 Å². The zero-order valence-electron chi connectivity index (χ0n) is 13.3. The molecule has 0 spiro atoms. The zero-order valence-corrected chi connectivity index (χ0v) is 14.1. The highest BCUT2D eigenvalue weighted by molar-refractivity contribution is 6.31. The van der Waals surface area contributed by atoms with E-state index in [0.717, 1.165) is 13.2 Å². The van der Waals surface area contributed by atoms with Crippen LogP contribution in [-0.2, 0) is 4.74 Å². The smallest absolute Gasteiger partial charge is 0.271 e. The standard InChI is InChI=1S/C9H7ClN4O.C7H14O/c10-4-1-2-6-5(3-4)7(11)8(9(12)15)14-13-6;1-7(2)4-3-5-8-6-7/h1-3H,(H2,11,13)(H2,12,15);3-6H2,1-2H3. The van der Waals surface area contributed by atoms with Crippen LogP contribution in [-0.4, -0.2) is 29.3 Å². The number of fused-ring (bicyclic) bond motifs is 1. The van der Waals surface area contributed by atoms with Crippen LogP contribution in [0.15, 0.2) is 18.2 Å². The first-order valence-corrected chi connectivity index (χ1v) is 7.77. The van der Waals surface area contributed by atoms with E-state index in [-0.39, 0.29) is 11.4 Å². The van der Waals surface area contributed by atoms with Crippen LogP contribution in [0.25, 0.3) is 10.9 Å². The van der Waals surface area contributed by atoms with Crippen molar-refractivity contribution in [1.29, 1.82) is 0 Å². The topological polar surface area (TPSA) is 104 Å². The van der Waals surface area contributed by atoms with E-state index in [1.807, 2.05) is 0 Å². The SMILES string of the molecule is CC1(C)CCCOC1.NC(=O)c1nnc2ccc(Cl)cc2c1N. The highest BCUT2D eigenvalue weighted by Gasteiger charge is 2.20. The second-order valence-corrected chi connectivity index (χ2v) is 6.74. The summed E-state index contributed by atoms with van der Waals surface area (Å²) in [5.41, 5.74) is 12.0. The lowest BCUT2D eigenvalue weighted by molar-refractivity contribution is 0.0127. The van der Waals surface area contributed by atoms with Crippen molar-refractivity contribution in [2.24, 2.45) is 11.1 Å². The molecule has 1 aliphatic rings. The molecule has 0 radical (unpaired) electrons. The Labute approximate surface area is 140 Å². The normalized spacial score (nSPS) is 16.5. The van der Waals surface area contributed by atoms with Gasteiger partial charge in [0.05, 0.1) is 17.8 Å². The summed E-state index contributed by atoms with van der Waals surface area (Å²) >= 11 is 5.80. The zero-order chi connectivity index (χ0) is 17.0. The number of hydrogen-bond acceptors (Lipinski definition) is 5. The predicted octanol–water partition coefficient (Wildman–Crippen LogP) is 2.79. The Morgan fingerprint density at radius 2 is 2.09 bits per heavy atom. The number of nitrogen functional groups attached to an aromatic ring is 1. The van der Waals surface area contributed by atoms with Crippen molar-refractivity contribution in [2.75, 3.05) is 18.9 Å². The summed E-state index contributed by atoms with van der Waals surface area (Å²) in [6.45, 7) is 6.44. The number of ether oxygens (including phenoxy) is 1. The third-order valence-electron chi connectivity index (χ3n) is 3.63. The van der Waals surface area contributed by atoms with Gasteiger partial charge in [-0.3, -0.25) is 4.79 Å². The number of benzene rings is 1. The number of carbonyl (C=O) groups is 1. The molecule has 0 atom stereocenters. The van der Waals surface area contributed by atoms with Gasteiger partial charge in [0, 0.05) is 17.0 Å². The molecule has 4 N–H and O–H groups in total. The molecule has 1 aromatic heterocycles. The number of nitrogens with zero attached hydrogens (tertiary/aromatic N) is 2. The average Bonchev–Trinajstić information content (AvgIpc) is 2.48. The van der Waals surface area contributed by atoms with Crippen LogP contribution in [0.1, 0.15) is 37.2 Å². The lowest BCUT2D eigenvalue weighted by Crippen LogP contribution is -2.24. The molecule has 124 valence electrons. The van der Waals surface area contributed by atoms with Crippen molar-refractivity contribution in [1.82, 2.24) is 10.2 Å². The molecule has 0 unspecified atom stereocenters. The summed E-state index contributed by atoms with van der Waals surface area (Å²) in [6, 6.07) is 4.96. The van der Waals surface area contributed by atoms with Crippen LogP contribution < -0.4 is 11.5 Å². The van der Waals surface area contributed by atoms with Crippen molar-refractivity contribution < 1.29 is 9.53 Å². The van der Waals surface area contributed by atoms with Crippen LogP contribution in [0.5, 0.6) is 0 Å². The van der Waals surface area contributed by atoms with Gasteiger partial charge in [-0.05, 0) is 36.5 Å². The quantitative estimate of drug-likeness (QED) is 0.833. The fourth-order valence-corrected chi connectivity index (χ4v) is 2.52. The first-order chi connectivity index (χ1) is 10.8. The molecule has 23 heavy (non-hydrogen) atoms. The summed E-state index contributed by atoms with van der Waals surface area (Å²) in [4.78, 5) is 11.0. The van der Waals surface area contributed by atoms with Crippen molar-refractivity contribution in [2.45, 2.75) is 26.7 Å². The van der Waals surface area contributed by atoms with Gasteiger partial charge in [-0.1, -0.05) is 25.4 Å². The highest BCUT2D eigenvalue weighted by atomic mass is 35.5. The number of hydrogen-bond donors (Lipinski definition) is 2. The number of amides is 1. The molecule has 1 aromatic carbocycles. The van der Waals surface area contributed by atoms with E-state index in [4.69, 9.17) is 27.8 Å². The van der Waals surface area contributed by atoms with Crippen molar-refractivity contribution in [3.63, 3.8) is 0 Å². The molecule has 1 saturated heterocycles. The maximum absolute atomic E-state index is 11.0. The minimum absolute atomic E-state index is 0.0373. The van der Waals surface area contributed by atoms with Gasteiger partial charge in [0.2, 0.25) is 0 Å². The van der Waals surface area contributed by atoms with Gasteiger partial charge >= 0.3 is 0 Å². The van der Waals surface area contributed by atoms with Crippen molar-refractivity contribution in [3.05, 3.63) is 28.9 Å². The maximum Gasteiger partial charge on any atom is 0.271 e. The minimum Gasteiger partial charge on any atom is -0.396 e. The molecule has 2 aromatic rings. The second-order valence-electron chi connectivity index (χ2n) is 6.31. The Balaban J connectivity index is 0.000000203. The van der Waals surface area contributed by atoms with Crippen LogP contribution in [0.2, 0.25) is 5.02 Å². The molecule has 2 heterocycles. The fraction of sp³-hybridized carbons (Fsp3) is 0.438. The first kappa shape index (κ1) is 17.4. The second kappa shape index (κ2) is 7.10. The summed E-state index contributed by atoms with van der Waals surface area (Å²) in [5.74, 6) is -0.707. The Bertz CT molecular complexity index is 711. The summed E-state index contributed by atoms with van der Waals surface area (Å²) in [5, 5.41) is 8.54. The fourth-order valence-electron chi connectivity index (χ4n) is 2.35. The Kier molecular flexibility index (Phi) is 5.38. The van der Waals surface area contributed by atoms with Crippen molar-refractivity contribution in [3.8, 4) is 0 Å². The minimum atomic E-state index is -0.707. The molecule has 1 fully saturated rings. The Morgan fingerprint density at radius 3 is 2.61 bits per heavy atom. The van der Waals surface area contributed by atoms with Gasteiger partial charge in [0.15, 0.2) is 5.69 Å². The van der Waals surface area contributed by atoms with E-state index < -0.39 is 5.91 Å². The van der Waals surface area contributed by atoms with Gasteiger partial charge in [-0.2, -0.15) is 0 Å².